The Kier molecular flexibility index (Phi) is 4.44. The van der Waals surface area contributed by atoms with Crippen molar-refractivity contribution in [3.63, 3.8) is 0 Å². The molecular weight excluding hydrogens is 315 g/mol. The molecule has 2 heterocycles. The predicted molar refractivity (Wildman–Crippen MR) is 68.1 cm³/mol. The van der Waals surface area contributed by atoms with Crippen LogP contribution >= 0.6 is 22.9 Å². The summed E-state index contributed by atoms with van der Waals surface area (Å²) in [4.78, 5) is 11.5. The molecule has 0 saturated carbocycles. The third-order valence-corrected chi connectivity index (χ3v) is 3.54. The van der Waals surface area contributed by atoms with Crippen molar-refractivity contribution in [2.45, 2.75) is 19.5 Å². The third-order valence-electron chi connectivity index (χ3n) is 2.35. The summed E-state index contributed by atoms with van der Waals surface area (Å²) in [5.41, 5.74) is 2.59. The van der Waals surface area contributed by atoms with E-state index in [4.69, 9.17) is 16.3 Å². The Morgan fingerprint density at radius 2 is 2.10 bits per heavy atom. The molecule has 0 radical (unpaired) electrons. The average Bonchev–Trinajstić information content (AvgIpc) is 2.73. The van der Waals surface area contributed by atoms with Crippen LogP contribution in [0.2, 0.25) is 5.15 Å². The third kappa shape index (κ3) is 3.80. The zero-order valence-corrected chi connectivity index (χ0v) is 11.8. The minimum Gasteiger partial charge on any atom is -0.477 e. The lowest BCUT2D eigenvalue weighted by atomic mass is 10.3. The molecule has 0 bridgehead atoms. The highest BCUT2D eigenvalue weighted by molar-refractivity contribution is 7.09. The highest BCUT2D eigenvalue weighted by Gasteiger charge is 2.35. The van der Waals surface area contributed by atoms with Gasteiger partial charge in [-0.05, 0) is 6.92 Å². The fourth-order valence-electron chi connectivity index (χ4n) is 1.41. The van der Waals surface area contributed by atoms with Crippen LogP contribution in [0.1, 0.15) is 16.4 Å². The molecule has 0 atom stereocenters. The Balaban J connectivity index is 2.03. The van der Waals surface area contributed by atoms with E-state index in [1.807, 2.05) is 6.92 Å². The fraction of sp³-hybridized carbons (Fsp3) is 0.364. The molecule has 0 amide bonds. The lowest BCUT2D eigenvalue weighted by Gasteiger charge is -2.09. The molecule has 2 aromatic rings. The number of hydrogen-bond donors (Lipinski definition) is 0. The number of ether oxygens (including phenoxy) is 1. The lowest BCUT2D eigenvalue weighted by Crippen LogP contribution is -2.12. The Labute approximate surface area is 121 Å². The molecule has 108 valence electrons. The molecule has 4 nitrogen and oxygen atoms in total. The molecule has 0 aliphatic rings. The van der Waals surface area contributed by atoms with E-state index in [9.17, 15) is 13.2 Å². The first-order valence-corrected chi connectivity index (χ1v) is 6.75. The van der Waals surface area contributed by atoms with Crippen molar-refractivity contribution in [3.8, 4) is 5.88 Å². The number of nitrogens with zero attached hydrogens (tertiary/aromatic N) is 3. The number of thiazole rings is 1. The molecule has 20 heavy (non-hydrogen) atoms. The highest BCUT2D eigenvalue weighted by Crippen LogP contribution is 2.28. The molecule has 0 saturated heterocycles. The van der Waals surface area contributed by atoms with Crippen LogP contribution in [0.25, 0.3) is 0 Å². The van der Waals surface area contributed by atoms with Gasteiger partial charge in [0.1, 0.15) is 5.15 Å². The minimum absolute atomic E-state index is 0.188. The van der Waals surface area contributed by atoms with Gasteiger partial charge in [0, 0.05) is 17.4 Å². The molecule has 0 unspecified atom stereocenters. The van der Waals surface area contributed by atoms with Crippen molar-refractivity contribution in [1.82, 2.24) is 15.0 Å². The molecule has 0 spiro atoms. The summed E-state index contributed by atoms with van der Waals surface area (Å²) in [6, 6.07) is 1.15. The van der Waals surface area contributed by atoms with Gasteiger partial charge in [-0.3, -0.25) is 0 Å². The zero-order valence-electron chi connectivity index (χ0n) is 10.2. The number of rotatable bonds is 4. The molecule has 0 N–H and O–H groups in total. The maximum absolute atomic E-state index is 12.5. The number of aromatic nitrogens is 3. The molecule has 0 aliphatic carbocycles. The smallest absolute Gasteiger partial charge is 0.451 e. The Hall–Kier alpha value is -1.41. The number of hydrogen-bond acceptors (Lipinski definition) is 5. The first-order valence-electron chi connectivity index (χ1n) is 5.50. The van der Waals surface area contributed by atoms with Crippen molar-refractivity contribution < 1.29 is 17.9 Å². The quantitative estimate of drug-likeness (QED) is 0.808. The summed E-state index contributed by atoms with van der Waals surface area (Å²) >= 11 is 6.99. The van der Waals surface area contributed by atoms with E-state index >= 15 is 0 Å². The molecular formula is C11H9ClF3N3OS. The monoisotopic (exact) mass is 323 g/mol. The molecule has 0 fully saturated rings. The first kappa shape index (κ1) is 15.0. The summed E-state index contributed by atoms with van der Waals surface area (Å²) in [5, 5.41) is -0.309. The van der Waals surface area contributed by atoms with Gasteiger partial charge in [0.25, 0.3) is 0 Å². The normalized spacial score (nSPS) is 11.7. The van der Waals surface area contributed by atoms with Gasteiger partial charge in [-0.2, -0.15) is 18.2 Å². The average molecular weight is 324 g/mol. The van der Waals surface area contributed by atoms with Gasteiger partial charge in [0.2, 0.25) is 11.7 Å². The van der Waals surface area contributed by atoms with Crippen LogP contribution in [-0.2, 0) is 12.6 Å². The summed E-state index contributed by atoms with van der Waals surface area (Å²) in [6.07, 6.45) is -4.11. The van der Waals surface area contributed by atoms with Crippen LogP contribution in [0.4, 0.5) is 13.2 Å². The molecule has 9 heteroatoms. The van der Waals surface area contributed by atoms with Crippen molar-refractivity contribution in [1.29, 1.82) is 0 Å². The number of alkyl halides is 3. The molecule has 0 aliphatic heterocycles. The second kappa shape index (κ2) is 5.92. The van der Waals surface area contributed by atoms with Crippen LogP contribution in [0, 0.1) is 6.92 Å². The lowest BCUT2D eigenvalue weighted by molar-refractivity contribution is -0.145. The summed E-state index contributed by atoms with van der Waals surface area (Å²) in [5.74, 6) is -1.51. The maximum Gasteiger partial charge on any atom is 0.451 e. The largest absolute Gasteiger partial charge is 0.477 e. The van der Waals surface area contributed by atoms with E-state index in [2.05, 4.69) is 15.0 Å². The molecule has 0 aromatic carbocycles. The number of halogens is 4. The van der Waals surface area contributed by atoms with Crippen LogP contribution < -0.4 is 4.74 Å². The van der Waals surface area contributed by atoms with Crippen LogP contribution in [0.5, 0.6) is 5.88 Å². The maximum atomic E-state index is 12.5. The van der Waals surface area contributed by atoms with E-state index in [-0.39, 0.29) is 17.6 Å². The van der Waals surface area contributed by atoms with Gasteiger partial charge in [-0.25, -0.2) is 9.97 Å². The number of aryl methyl sites for hydroxylation is 1. The fourth-order valence-corrected chi connectivity index (χ4v) is 2.35. The van der Waals surface area contributed by atoms with Gasteiger partial charge in [-0.1, -0.05) is 11.6 Å². The standard InChI is InChI=1S/C11H9ClF3N3OS/c1-6-7(20-5-16-6)2-3-19-9-4-8(12)17-10(18-9)11(13,14)15/h4-5H,2-3H2,1H3. The van der Waals surface area contributed by atoms with E-state index < -0.39 is 12.0 Å². The van der Waals surface area contributed by atoms with Gasteiger partial charge < -0.3 is 4.74 Å². The van der Waals surface area contributed by atoms with E-state index in [0.717, 1.165) is 16.6 Å². The minimum atomic E-state index is -4.66. The molecule has 2 aromatic heterocycles. The Bertz CT molecular complexity index is 603. The topological polar surface area (TPSA) is 47.9 Å². The van der Waals surface area contributed by atoms with Gasteiger partial charge in [0.05, 0.1) is 17.8 Å². The van der Waals surface area contributed by atoms with Gasteiger partial charge in [-0.15, -0.1) is 11.3 Å². The Morgan fingerprint density at radius 3 is 2.70 bits per heavy atom. The highest BCUT2D eigenvalue weighted by atomic mass is 35.5. The van der Waals surface area contributed by atoms with Crippen molar-refractivity contribution in [3.05, 3.63) is 33.1 Å². The van der Waals surface area contributed by atoms with E-state index in [1.165, 1.54) is 11.3 Å². The second-order valence-corrected chi connectivity index (χ2v) is 5.14. The van der Waals surface area contributed by atoms with Gasteiger partial charge in [0.15, 0.2) is 0 Å². The van der Waals surface area contributed by atoms with Gasteiger partial charge >= 0.3 is 6.18 Å². The predicted octanol–water partition coefficient (Wildman–Crippen LogP) is 3.54. The summed E-state index contributed by atoms with van der Waals surface area (Å²) < 4.78 is 42.7. The SMILES string of the molecule is Cc1ncsc1CCOc1cc(Cl)nc(C(F)(F)F)n1. The van der Waals surface area contributed by atoms with Crippen LogP contribution in [0.15, 0.2) is 11.6 Å². The van der Waals surface area contributed by atoms with Crippen molar-refractivity contribution in [2.24, 2.45) is 0 Å². The van der Waals surface area contributed by atoms with Crippen molar-refractivity contribution >= 4 is 22.9 Å². The molecule has 2 rings (SSSR count). The Morgan fingerprint density at radius 1 is 1.35 bits per heavy atom. The van der Waals surface area contributed by atoms with E-state index in [0.29, 0.717) is 6.42 Å². The van der Waals surface area contributed by atoms with E-state index in [1.54, 1.807) is 5.51 Å². The van der Waals surface area contributed by atoms with Crippen molar-refractivity contribution in [2.75, 3.05) is 6.61 Å². The summed E-state index contributed by atoms with van der Waals surface area (Å²) in [6.45, 7) is 2.04. The zero-order chi connectivity index (χ0) is 14.8. The second-order valence-electron chi connectivity index (χ2n) is 3.81. The summed E-state index contributed by atoms with van der Waals surface area (Å²) in [7, 11) is 0. The van der Waals surface area contributed by atoms with Crippen LogP contribution in [0.3, 0.4) is 0 Å². The van der Waals surface area contributed by atoms with Crippen LogP contribution in [-0.4, -0.2) is 21.6 Å². The first-order chi connectivity index (χ1) is 9.36.